The van der Waals surface area contributed by atoms with Gasteiger partial charge in [0.2, 0.25) is 11.8 Å². The summed E-state index contributed by atoms with van der Waals surface area (Å²) in [5, 5.41) is 3.79. The Hall–Kier alpha value is -2.74. The van der Waals surface area contributed by atoms with E-state index in [9.17, 15) is 19.2 Å². The summed E-state index contributed by atoms with van der Waals surface area (Å²) in [4.78, 5) is 52.3. The van der Waals surface area contributed by atoms with Crippen LogP contribution >= 0.6 is 0 Å². The van der Waals surface area contributed by atoms with Crippen molar-refractivity contribution >= 4 is 29.3 Å². The summed E-state index contributed by atoms with van der Waals surface area (Å²) in [6, 6.07) is 4.32. The molecule has 0 spiro atoms. The van der Waals surface area contributed by atoms with Gasteiger partial charge in [0, 0.05) is 25.2 Å². The molecule has 1 aromatic carbocycles. The molecule has 3 fully saturated rings. The Morgan fingerprint density at radius 3 is 2.50 bits per heavy atom. The van der Waals surface area contributed by atoms with Gasteiger partial charge in [0.15, 0.2) is 0 Å². The van der Waals surface area contributed by atoms with E-state index in [-0.39, 0.29) is 18.7 Å². The molecule has 0 aliphatic carbocycles. The number of amides is 4. The number of imide groups is 2. The minimum absolute atomic E-state index is 0.114. The first-order valence-corrected chi connectivity index (χ1v) is 9.75. The van der Waals surface area contributed by atoms with E-state index in [1.54, 1.807) is 17.4 Å². The van der Waals surface area contributed by atoms with Gasteiger partial charge in [0.25, 0.3) is 11.8 Å². The lowest BCUT2D eigenvalue weighted by atomic mass is 9.85. The standard InChI is InChI=1S/C20H22N4O4/c25-17-4-3-16(18(26)22-17)24-19(27)14-2-1-13(6-15(14)20(24)28)23-9-12(10-23)5-11-7-21-8-11/h1-2,6,11-12,16,21H,3-5,7-10H2,(H,22,25,26)/i/hD. The maximum Gasteiger partial charge on any atom is 0.262 e. The third-order valence-corrected chi connectivity index (χ3v) is 6.19. The summed E-state index contributed by atoms with van der Waals surface area (Å²) < 4.78 is 7.47. The summed E-state index contributed by atoms with van der Waals surface area (Å²) in [7, 11) is 0. The molecule has 28 heavy (non-hydrogen) atoms. The van der Waals surface area contributed by atoms with Gasteiger partial charge in [-0.3, -0.25) is 29.4 Å². The zero-order valence-corrected chi connectivity index (χ0v) is 15.4. The van der Waals surface area contributed by atoms with E-state index in [0.717, 1.165) is 43.2 Å². The normalized spacial score (nSPS) is 26.7. The third-order valence-electron chi connectivity index (χ3n) is 6.19. The van der Waals surface area contributed by atoms with Crippen LogP contribution in [0.25, 0.3) is 0 Å². The van der Waals surface area contributed by atoms with Crippen molar-refractivity contribution in [2.75, 3.05) is 31.1 Å². The number of hydrogen-bond acceptors (Lipinski definition) is 6. The average Bonchev–Trinajstić information content (AvgIpc) is 2.87. The fraction of sp³-hybridized carbons (Fsp3) is 0.500. The number of hydrogen-bond donors (Lipinski definition) is 2. The molecule has 1 atom stereocenters. The topological polar surface area (TPSA) is 98.8 Å². The molecule has 1 unspecified atom stereocenters. The van der Waals surface area contributed by atoms with E-state index < -0.39 is 23.8 Å². The molecule has 0 saturated carbocycles. The molecule has 5 rings (SSSR count). The average molecular weight is 383 g/mol. The highest BCUT2D eigenvalue weighted by molar-refractivity contribution is 6.23. The smallest absolute Gasteiger partial charge is 0.262 e. The van der Waals surface area contributed by atoms with Gasteiger partial charge in [0.1, 0.15) is 7.45 Å². The van der Waals surface area contributed by atoms with Gasteiger partial charge in [-0.2, -0.15) is 0 Å². The van der Waals surface area contributed by atoms with E-state index >= 15 is 0 Å². The van der Waals surface area contributed by atoms with Crippen LogP contribution in [0, 0.1) is 11.8 Å². The summed E-state index contributed by atoms with van der Waals surface area (Å²) in [5.74, 6) is -0.709. The largest absolute Gasteiger partial charge is 0.371 e. The Morgan fingerprint density at radius 1 is 1.04 bits per heavy atom. The van der Waals surface area contributed by atoms with Crippen LogP contribution in [0.3, 0.4) is 0 Å². The van der Waals surface area contributed by atoms with E-state index in [2.05, 4.69) is 10.2 Å². The summed E-state index contributed by atoms with van der Waals surface area (Å²) >= 11 is 0. The van der Waals surface area contributed by atoms with Gasteiger partial charge in [-0.25, -0.2) is 0 Å². The van der Waals surface area contributed by atoms with Crippen LogP contribution in [-0.4, -0.2) is 60.7 Å². The van der Waals surface area contributed by atoms with Crippen molar-refractivity contribution in [1.29, 1.82) is 0 Å². The van der Waals surface area contributed by atoms with Crippen LogP contribution in [-0.2, 0) is 9.59 Å². The van der Waals surface area contributed by atoms with Crippen molar-refractivity contribution in [2.24, 2.45) is 11.8 Å². The number of benzene rings is 1. The molecular weight excluding hydrogens is 360 g/mol. The molecule has 4 aliphatic heterocycles. The van der Waals surface area contributed by atoms with Crippen LogP contribution in [0.1, 0.15) is 40.0 Å². The number of anilines is 1. The molecule has 4 heterocycles. The minimum atomic E-state index is -0.934. The Kier molecular flexibility index (Phi) is 3.72. The van der Waals surface area contributed by atoms with Gasteiger partial charge >= 0.3 is 0 Å². The minimum Gasteiger partial charge on any atom is -0.371 e. The number of nitrogens with one attached hydrogen (secondary N) is 2. The van der Waals surface area contributed by atoms with E-state index in [1.165, 1.54) is 0 Å². The number of carbonyl (C=O) groups excluding carboxylic acids is 4. The molecule has 0 aromatic heterocycles. The van der Waals surface area contributed by atoms with Crippen molar-refractivity contribution in [3.63, 3.8) is 0 Å². The predicted molar refractivity (Wildman–Crippen MR) is 99.8 cm³/mol. The molecule has 146 valence electrons. The molecular formula is C20H22N4O4. The Balaban J connectivity index is 1.28. The first kappa shape index (κ1) is 16.2. The van der Waals surface area contributed by atoms with Crippen LogP contribution in [0.4, 0.5) is 5.69 Å². The Morgan fingerprint density at radius 2 is 1.79 bits per heavy atom. The van der Waals surface area contributed by atoms with E-state index in [0.29, 0.717) is 23.0 Å². The Bertz CT molecular complexity index is 923. The van der Waals surface area contributed by atoms with Crippen molar-refractivity contribution in [3.05, 3.63) is 29.3 Å². The molecule has 4 aliphatic rings. The Labute approximate surface area is 163 Å². The van der Waals surface area contributed by atoms with Crippen LogP contribution in [0.5, 0.6) is 0 Å². The van der Waals surface area contributed by atoms with Crippen molar-refractivity contribution in [3.8, 4) is 0 Å². The zero-order chi connectivity index (χ0) is 20.3. The highest BCUT2D eigenvalue weighted by Crippen LogP contribution is 2.34. The van der Waals surface area contributed by atoms with Crippen LogP contribution < -0.4 is 15.5 Å². The van der Waals surface area contributed by atoms with Crippen molar-refractivity contribution in [2.45, 2.75) is 25.3 Å². The molecule has 4 amide bonds. The van der Waals surface area contributed by atoms with Gasteiger partial charge < -0.3 is 10.2 Å². The second-order valence-electron chi connectivity index (χ2n) is 8.14. The number of carbonyl (C=O) groups is 4. The molecule has 8 nitrogen and oxygen atoms in total. The van der Waals surface area contributed by atoms with Crippen LogP contribution in [0.2, 0.25) is 1.41 Å². The molecule has 3 saturated heterocycles. The van der Waals surface area contributed by atoms with Crippen molar-refractivity contribution in [1.82, 2.24) is 15.5 Å². The molecule has 1 aromatic rings. The first-order valence-electron chi connectivity index (χ1n) is 10.2. The first-order chi connectivity index (χ1) is 13.9. The highest BCUT2D eigenvalue weighted by atomic mass is 16.2. The maximum atomic E-state index is 12.9. The maximum absolute atomic E-state index is 12.9. The second-order valence-corrected chi connectivity index (χ2v) is 8.14. The van der Waals surface area contributed by atoms with Gasteiger partial charge in [-0.05, 0) is 56.0 Å². The lowest BCUT2D eigenvalue weighted by Gasteiger charge is -2.44. The highest BCUT2D eigenvalue weighted by Gasteiger charge is 2.45. The fourth-order valence-corrected chi connectivity index (χ4v) is 4.52. The molecule has 0 radical (unpaired) electrons. The van der Waals surface area contributed by atoms with E-state index in [4.69, 9.17) is 1.41 Å². The molecule has 0 bridgehead atoms. The quantitative estimate of drug-likeness (QED) is 0.718. The predicted octanol–water partition coefficient (Wildman–Crippen LogP) is 0.134. The van der Waals surface area contributed by atoms with Crippen molar-refractivity contribution < 1.29 is 20.6 Å². The summed E-state index contributed by atoms with van der Waals surface area (Å²) in [6.07, 6.45) is 1.40. The lowest BCUT2D eigenvalue weighted by molar-refractivity contribution is -0.136. The number of fused-ring (bicyclic) bond motifs is 1. The fourth-order valence-electron chi connectivity index (χ4n) is 4.52. The monoisotopic (exact) mass is 383 g/mol. The number of rotatable bonds is 4. The number of piperidine rings is 1. The van der Waals surface area contributed by atoms with Gasteiger partial charge in [0.05, 0.1) is 11.1 Å². The number of nitrogens with zero attached hydrogens (tertiary/aromatic N) is 2. The third kappa shape index (κ3) is 2.71. The molecule has 2 N–H and O–H groups in total. The summed E-state index contributed by atoms with van der Waals surface area (Å²) in [5.41, 5.74) is 1.54. The molecule has 8 heteroatoms. The SMILES string of the molecule is [2H]N1CC(CC2CN(c3ccc4c(c3)C(=O)N(C3CCC(=O)NC3=O)C4=O)C2)C1. The van der Waals surface area contributed by atoms with Gasteiger partial charge in [-0.15, -0.1) is 0 Å². The lowest BCUT2D eigenvalue weighted by Crippen LogP contribution is -2.54. The second kappa shape index (κ2) is 6.41. The van der Waals surface area contributed by atoms with Gasteiger partial charge in [-0.1, -0.05) is 0 Å². The summed E-state index contributed by atoms with van der Waals surface area (Å²) in [6.45, 7) is 3.52. The zero-order valence-electron chi connectivity index (χ0n) is 16.4. The van der Waals surface area contributed by atoms with Crippen LogP contribution in [0.15, 0.2) is 18.2 Å². The van der Waals surface area contributed by atoms with E-state index in [1.807, 2.05) is 6.07 Å².